The third kappa shape index (κ3) is 5.44. The average molecular weight is 380 g/mol. The van der Waals surface area contributed by atoms with Crippen LogP contribution in [-0.4, -0.2) is 38.2 Å². The molecule has 2 amide bonds. The first-order chi connectivity index (χ1) is 13.7. The number of benzene rings is 2. The molecule has 3 rings (SSSR count). The lowest BCUT2D eigenvalue weighted by Crippen LogP contribution is -2.38. The zero-order chi connectivity index (χ0) is 19.8. The normalized spacial score (nSPS) is 16.5. The van der Waals surface area contributed by atoms with Gasteiger partial charge in [0.25, 0.3) is 11.8 Å². The summed E-state index contributed by atoms with van der Waals surface area (Å²) in [6.45, 7) is 1.14. The van der Waals surface area contributed by atoms with Crippen LogP contribution in [0.2, 0.25) is 0 Å². The van der Waals surface area contributed by atoms with Crippen LogP contribution >= 0.6 is 0 Å². The molecule has 1 aliphatic rings. The standard InChI is InChI=1S/C22H24N2O4/c1-27-18-11-9-16(10-12-18)14-20(22(26)23-15-19-8-5-13-28-19)24-21(25)17-6-3-2-4-7-17/h2-4,6-7,9-12,14,19H,5,8,13,15H2,1H3,(H,23,26)(H,24,25). The summed E-state index contributed by atoms with van der Waals surface area (Å²) >= 11 is 0. The van der Waals surface area contributed by atoms with Crippen molar-refractivity contribution in [1.29, 1.82) is 0 Å². The third-order valence-corrected chi connectivity index (χ3v) is 4.47. The molecule has 0 spiro atoms. The fraction of sp³-hybridized carbons (Fsp3) is 0.273. The van der Waals surface area contributed by atoms with Crippen molar-refractivity contribution in [3.05, 3.63) is 71.4 Å². The van der Waals surface area contributed by atoms with Gasteiger partial charge in [-0.1, -0.05) is 30.3 Å². The minimum Gasteiger partial charge on any atom is -0.497 e. The third-order valence-electron chi connectivity index (χ3n) is 4.47. The first-order valence-corrected chi connectivity index (χ1v) is 9.27. The van der Waals surface area contributed by atoms with Gasteiger partial charge in [-0.25, -0.2) is 0 Å². The molecule has 146 valence electrons. The van der Waals surface area contributed by atoms with Crippen molar-refractivity contribution in [2.24, 2.45) is 0 Å². The highest BCUT2D eigenvalue weighted by Crippen LogP contribution is 2.14. The lowest BCUT2D eigenvalue weighted by molar-refractivity contribution is -0.118. The summed E-state index contributed by atoms with van der Waals surface area (Å²) in [6, 6.07) is 16.0. The smallest absolute Gasteiger partial charge is 0.267 e. The highest BCUT2D eigenvalue weighted by molar-refractivity contribution is 6.05. The highest BCUT2D eigenvalue weighted by atomic mass is 16.5. The molecule has 2 aromatic carbocycles. The molecule has 1 saturated heterocycles. The van der Waals surface area contributed by atoms with Crippen molar-refractivity contribution in [2.45, 2.75) is 18.9 Å². The van der Waals surface area contributed by atoms with Crippen molar-refractivity contribution in [2.75, 3.05) is 20.3 Å². The van der Waals surface area contributed by atoms with Crippen molar-refractivity contribution in [3.63, 3.8) is 0 Å². The molecule has 0 aliphatic carbocycles. The number of methoxy groups -OCH3 is 1. The van der Waals surface area contributed by atoms with Crippen LogP contribution in [0.3, 0.4) is 0 Å². The summed E-state index contributed by atoms with van der Waals surface area (Å²) in [5, 5.41) is 5.58. The van der Waals surface area contributed by atoms with Crippen molar-refractivity contribution in [3.8, 4) is 5.75 Å². The van der Waals surface area contributed by atoms with Crippen LogP contribution in [0, 0.1) is 0 Å². The van der Waals surface area contributed by atoms with Gasteiger partial charge < -0.3 is 20.1 Å². The molecule has 1 aliphatic heterocycles. The molecule has 0 bridgehead atoms. The second kappa shape index (κ2) is 9.71. The summed E-state index contributed by atoms with van der Waals surface area (Å²) in [6.07, 6.45) is 3.59. The van der Waals surface area contributed by atoms with E-state index >= 15 is 0 Å². The monoisotopic (exact) mass is 380 g/mol. The van der Waals surface area contributed by atoms with Crippen molar-refractivity contribution in [1.82, 2.24) is 10.6 Å². The quantitative estimate of drug-likeness (QED) is 0.724. The van der Waals surface area contributed by atoms with E-state index in [-0.39, 0.29) is 23.6 Å². The largest absolute Gasteiger partial charge is 0.497 e. The lowest BCUT2D eigenvalue weighted by Gasteiger charge is -2.14. The summed E-state index contributed by atoms with van der Waals surface area (Å²) < 4.78 is 10.7. The molecule has 1 atom stereocenters. The maximum absolute atomic E-state index is 12.7. The Hall–Kier alpha value is -3.12. The molecule has 1 unspecified atom stereocenters. The van der Waals surface area contributed by atoms with Gasteiger partial charge in [0.2, 0.25) is 0 Å². The van der Waals surface area contributed by atoms with Crippen molar-refractivity contribution >= 4 is 17.9 Å². The fourth-order valence-electron chi connectivity index (χ4n) is 2.92. The van der Waals surface area contributed by atoms with E-state index in [1.54, 1.807) is 49.6 Å². The molecule has 1 heterocycles. The molecular formula is C22H24N2O4. The minimum atomic E-state index is -0.351. The van der Waals surface area contributed by atoms with Gasteiger partial charge in [-0.3, -0.25) is 9.59 Å². The fourth-order valence-corrected chi connectivity index (χ4v) is 2.92. The zero-order valence-electron chi connectivity index (χ0n) is 15.8. The number of carbonyl (C=O) groups excluding carboxylic acids is 2. The summed E-state index contributed by atoms with van der Waals surface area (Å²) in [4.78, 5) is 25.3. The zero-order valence-corrected chi connectivity index (χ0v) is 15.8. The van der Waals surface area contributed by atoms with Gasteiger partial charge in [-0.05, 0) is 48.7 Å². The molecule has 2 N–H and O–H groups in total. The van der Waals surface area contributed by atoms with Crippen LogP contribution in [0.4, 0.5) is 0 Å². The SMILES string of the molecule is COc1ccc(C=C(NC(=O)c2ccccc2)C(=O)NCC2CCCO2)cc1. The van der Waals surface area contributed by atoms with Crippen LogP contribution in [0.5, 0.6) is 5.75 Å². The predicted molar refractivity (Wildman–Crippen MR) is 107 cm³/mol. The molecule has 28 heavy (non-hydrogen) atoms. The second-order valence-electron chi connectivity index (χ2n) is 6.50. The molecule has 6 heteroatoms. The number of hydrogen-bond acceptors (Lipinski definition) is 4. The van der Waals surface area contributed by atoms with Crippen LogP contribution < -0.4 is 15.4 Å². The number of rotatable bonds is 7. The highest BCUT2D eigenvalue weighted by Gasteiger charge is 2.19. The Morgan fingerprint density at radius 3 is 2.54 bits per heavy atom. The van der Waals surface area contributed by atoms with Gasteiger partial charge in [0.1, 0.15) is 11.4 Å². The Morgan fingerprint density at radius 1 is 1.14 bits per heavy atom. The van der Waals surface area contributed by atoms with Crippen LogP contribution in [0.15, 0.2) is 60.3 Å². The maximum Gasteiger partial charge on any atom is 0.267 e. The van der Waals surface area contributed by atoms with Gasteiger partial charge in [-0.2, -0.15) is 0 Å². The second-order valence-corrected chi connectivity index (χ2v) is 6.50. The lowest BCUT2D eigenvalue weighted by atomic mass is 10.1. The Kier molecular flexibility index (Phi) is 6.81. The number of hydrogen-bond donors (Lipinski definition) is 2. The van der Waals surface area contributed by atoms with Gasteiger partial charge in [0.05, 0.1) is 13.2 Å². The van der Waals surface area contributed by atoms with E-state index in [9.17, 15) is 9.59 Å². The molecule has 0 saturated carbocycles. The molecule has 0 radical (unpaired) electrons. The van der Waals surface area contributed by atoms with Gasteiger partial charge in [0.15, 0.2) is 0 Å². The number of carbonyl (C=O) groups is 2. The number of nitrogens with one attached hydrogen (secondary N) is 2. The van der Waals surface area contributed by atoms with E-state index in [1.165, 1.54) is 0 Å². The first kappa shape index (κ1) is 19.6. The van der Waals surface area contributed by atoms with E-state index in [2.05, 4.69) is 10.6 Å². The molecule has 0 aromatic heterocycles. The topological polar surface area (TPSA) is 76.7 Å². The predicted octanol–water partition coefficient (Wildman–Crippen LogP) is 2.76. The summed E-state index contributed by atoms with van der Waals surface area (Å²) in [5.41, 5.74) is 1.43. The first-order valence-electron chi connectivity index (χ1n) is 9.27. The van der Waals surface area contributed by atoms with E-state index in [1.807, 2.05) is 18.2 Å². The van der Waals surface area contributed by atoms with E-state index < -0.39 is 0 Å². The molecule has 2 aromatic rings. The Balaban J connectivity index is 1.76. The van der Waals surface area contributed by atoms with Gasteiger partial charge >= 0.3 is 0 Å². The van der Waals surface area contributed by atoms with E-state index in [0.717, 1.165) is 30.8 Å². The van der Waals surface area contributed by atoms with E-state index in [0.29, 0.717) is 12.1 Å². The van der Waals surface area contributed by atoms with Crippen LogP contribution in [0.25, 0.3) is 6.08 Å². The number of amides is 2. The average Bonchev–Trinajstić information content (AvgIpc) is 3.26. The molecule has 6 nitrogen and oxygen atoms in total. The maximum atomic E-state index is 12.7. The molecular weight excluding hydrogens is 356 g/mol. The Morgan fingerprint density at radius 2 is 1.89 bits per heavy atom. The molecule has 1 fully saturated rings. The Labute approximate surface area is 164 Å². The number of ether oxygens (including phenoxy) is 2. The van der Waals surface area contributed by atoms with Crippen molar-refractivity contribution < 1.29 is 19.1 Å². The summed E-state index contributed by atoms with van der Waals surface area (Å²) in [5.74, 6) is 0.0260. The minimum absolute atomic E-state index is 0.0241. The van der Waals surface area contributed by atoms with Gasteiger partial charge in [0, 0.05) is 18.7 Å². The summed E-state index contributed by atoms with van der Waals surface area (Å²) in [7, 11) is 1.59. The van der Waals surface area contributed by atoms with Crippen LogP contribution in [-0.2, 0) is 9.53 Å². The Bertz CT molecular complexity index is 825. The van der Waals surface area contributed by atoms with Gasteiger partial charge in [-0.15, -0.1) is 0 Å². The van der Waals surface area contributed by atoms with Crippen LogP contribution in [0.1, 0.15) is 28.8 Å². The van der Waals surface area contributed by atoms with E-state index in [4.69, 9.17) is 9.47 Å².